The minimum atomic E-state index is -0.312. The van der Waals surface area contributed by atoms with Crippen LogP contribution in [0.3, 0.4) is 0 Å². The molecule has 2 heterocycles. The maximum Gasteiger partial charge on any atom is 0.253 e. The van der Waals surface area contributed by atoms with Crippen LogP contribution >= 0.6 is 0 Å². The summed E-state index contributed by atoms with van der Waals surface area (Å²) < 4.78 is 0. The molecule has 0 unspecified atom stereocenters. The van der Waals surface area contributed by atoms with Gasteiger partial charge < -0.3 is 0 Å². The van der Waals surface area contributed by atoms with Crippen LogP contribution in [0, 0.1) is 0 Å². The Morgan fingerprint density at radius 3 is 1.82 bits per heavy atom. The summed E-state index contributed by atoms with van der Waals surface area (Å²) in [6, 6.07) is 0. The van der Waals surface area contributed by atoms with Gasteiger partial charge in [-0.05, 0) is 13.8 Å². The molecule has 17 heavy (non-hydrogen) atoms. The van der Waals surface area contributed by atoms with Gasteiger partial charge >= 0.3 is 0 Å². The maximum absolute atomic E-state index is 10.6. The van der Waals surface area contributed by atoms with E-state index < -0.39 is 0 Å². The zero-order valence-electron chi connectivity index (χ0n) is 9.52. The molecule has 0 radical (unpaired) electrons. The molecule has 0 saturated carbocycles. The van der Waals surface area contributed by atoms with Gasteiger partial charge in [0.05, 0.1) is 0 Å². The zero-order chi connectivity index (χ0) is 13.0. The largest absolute Gasteiger partial charge is 0.289 e. The van der Waals surface area contributed by atoms with Gasteiger partial charge in [0.2, 0.25) is 0 Å². The fourth-order valence-electron chi connectivity index (χ4n) is 1.25. The van der Waals surface area contributed by atoms with Crippen LogP contribution in [-0.2, 0) is 19.2 Å². The maximum atomic E-state index is 10.6. The minimum Gasteiger partial charge on any atom is -0.289 e. The summed E-state index contributed by atoms with van der Waals surface area (Å²) in [7, 11) is 0. The molecule has 0 aromatic carbocycles. The second-order valence-electron chi connectivity index (χ2n) is 3.40. The molecule has 0 aliphatic carbocycles. The molecule has 0 saturated heterocycles. The van der Waals surface area contributed by atoms with E-state index in [1.807, 2.05) is 0 Å². The molecule has 0 atom stereocenters. The summed E-state index contributed by atoms with van der Waals surface area (Å²) in [5.41, 5.74) is 0.481. The molecule has 6 heteroatoms. The van der Waals surface area contributed by atoms with Gasteiger partial charge in [-0.3, -0.25) is 29.4 Å². The van der Waals surface area contributed by atoms with Crippen molar-refractivity contribution < 1.29 is 19.2 Å². The smallest absolute Gasteiger partial charge is 0.253 e. The predicted octanol–water partition coefficient (Wildman–Crippen LogP) is -0.480. The molecule has 0 bridgehead atoms. The van der Waals surface area contributed by atoms with E-state index in [0.717, 1.165) is 0 Å². The average molecular weight is 236 g/mol. The van der Waals surface area contributed by atoms with Crippen LogP contribution in [0.25, 0.3) is 0 Å². The number of rotatable bonds is 1. The van der Waals surface area contributed by atoms with Crippen molar-refractivity contribution in [3.05, 3.63) is 23.8 Å². The van der Waals surface area contributed by atoms with Crippen LogP contribution in [0.15, 0.2) is 23.8 Å². The number of amides is 4. The number of hydrogen-bond donors (Lipinski definition) is 1. The summed E-state index contributed by atoms with van der Waals surface area (Å²) in [6.07, 6.45) is 3.85. The van der Waals surface area contributed by atoms with Crippen molar-refractivity contribution in [3.8, 4) is 0 Å². The lowest BCUT2D eigenvalue weighted by molar-refractivity contribution is -0.136. The van der Waals surface area contributed by atoms with Crippen LogP contribution in [0.2, 0.25) is 0 Å². The van der Waals surface area contributed by atoms with Crippen LogP contribution < -0.4 is 5.32 Å². The van der Waals surface area contributed by atoms with E-state index in [4.69, 9.17) is 0 Å². The fourth-order valence-corrected chi connectivity index (χ4v) is 1.25. The third kappa shape index (κ3) is 3.10. The molecular weight excluding hydrogens is 224 g/mol. The second-order valence-corrected chi connectivity index (χ2v) is 3.40. The zero-order valence-corrected chi connectivity index (χ0v) is 9.52. The number of carbonyl (C=O) groups is 4. The first-order valence-electron chi connectivity index (χ1n) is 5.03. The molecule has 2 rings (SSSR count). The first kappa shape index (κ1) is 12.8. The lowest BCUT2D eigenvalue weighted by Gasteiger charge is -2.08. The summed E-state index contributed by atoms with van der Waals surface area (Å²) in [5.74, 6) is -1.01. The molecule has 1 N–H and O–H groups in total. The van der Waals surface area contributed by atoms with E-state index in [1.54, 1.807) is 13.8 Å². The topological polar surface area (TPSA) is 83.6 Å². The minimum absolute atomic E-state index is 0.206. The molecule has 6 nitrogen and oxygen atoms in total. The van der Waals surface area contributed by atoms with Gasteiger partial charge in [-0.2, -0.15) is 0 Å². The molecule has 0 aromatic heterocycles. The van der Waals surface area contributed by atoms with Crippen LogP contribution in [-0.4, -0.2) is 35.1 Å². The number of carbonyl (C=O) groups excluding carboxylic acids is 4. The molecule has 2 aliphatic rings. The average Bonchev–Trinajstić information content (AvgIpc) is 2.72. The number of nitrogens with one attached hydrogen (secondary N) is 1. The Labute approximate surface area is 98.0 Å². The number of imide groups is 2. The highest BCUT2D eigenvalue weighted by molar-refractivity contribution is 6.15. The van der Waals surface area contributed by atoms with Crippen LogP contribution in [0.1, 0.15) is 13.8 Å². The second kappa shape index (κ2) is 5.20. The van der Waals surface area contributed by atoms with Crippen molar-refractivity contribution in [3.63, 3.8) is 0 Å². The highest BCUT2D eigenvalue weighted by Gasteiger charge is 2.20. The third-order valence-electron chi connectivity index (χ3n) is 2.16. The van der Waals surface area contributed by atoms with E-state index in [-0.39, 0.29) is 23.6 Å². The standard InChI is InChI=1S/C6H7NO2.C5H5NO2/c1-2-7-5(8)3-4-6(7)9;1-3-2-4(7)6-5(3)8/h3-4H,2H2,1H3;2H,1H3,(H,6,7,8). The lowest BCUT2D eigenvalue weighted by atomic mass is 10.3. The Hall–Kier alpha value is -2.24. The molecule has 4 amide bonds. The van der Waals surface area contributed by atoms with Crippen molar-refractivity contribution in [2.75, 3.05) is 6.54 Å². The predicted molar refractivity (Wildman–Crippen MR) is 58.4 cm³/mol. The number of likely N-dealkylation sites (N-methyl/N-ethyl adjacent to an activating group) is 1. The van der Waals surface area contributed by atoms with E-state index >= 15 is 0 Å². The van der Waals surface area contributed by atoms with E-state index in [0.29, 0.717) is 12.1 Å². The van der Waals surface area contributed by atoms with E-state index in [9.17, 15) is 19.2 Å². The van der Waals surface area contributed by atoms with E-state index in [2.05, 4.69) is 5.32 Å². The Balaban J connectivity index is 0.000000171. The summed E-state index contributed by atoms with van der Waals surface area (Å²) in [4.78, 5) is 43.1. The molecule has 90 valence electrons. The monoisotopic (exact) mass is 236 g/mol. The lowest BCUT2D eigenvalue weighted by Crippen LogP contribution is -2.29. The quantitative estimate of drug-likeness (QED) is 0.623. The van der Waals surface area contributed by atoms with Crippen molar-refractivity contribution in [1.82, 2.24) is 10.2 Å². The van der Waals surface area contributed by atoms with Gasteiger partial charge in [0.1, 0.15) is 0 Å². The number of hydrogen-bond acceptors (Lipinski definition) is 4. The van der Waals surface area contributed by atoms with Gasteiger partial charge in [-0.1, -0.05) is 0 Å². The van der Waals surface area contributed by atoms with Crippen molar-refractivity contribution in [2.24, 2.45) is 0 Å². The summed E-state index contributed by atoms with van der Waals surface area (Å²) in [5, 5.41) is 2.10. The molecule has 0 aromatic rings. The van der Waals surface area contributed by atoms with Crippen molar-refractivity contribution >= 4 is 23.6 Å². The Morgan fingerprint density at radius 1 is 1.12 bits per heavy atom. The molecule has 2 aliphatic heterocycles. The highest BCUT2D eigenvalue weighted by Crippen LogP contribution is 2.01. The van der Waals surface area contributed by atoms with Crippen molar-refractivity contribution in [1.29, 1.82) is 0 Å². The van der Waals surface area contributed by atoms with Crippen LogP contribution in [0.5, 0.6) is 0 Å². The normalized spacial score (nSPS) is 18.0. The Bertz CT molecular complexity index is 430. The van der Waals surface area contributed by atoms with Gasteiger partial charge in [0, 0.05) is 30.3 Å². The highest BCUT2D eigenvalue weighted by atomic mass is 16.2. The van der Waals surface area contributed by atoms with Crippen LogP contribution in [0.4, 0.5) is 0 Å². The first-order chi connectivity index (χ1) is 7.95. The molecule has 0 spiro atoms. The van der Waals surface area contributed by atoms with Gasteiger partial charge in [0.25, 0.3) is 23.6 Å². The van der Waals surface area contributed by atoms with Gasteiger partial charge in [-0.15, -0.1) is 0 Å². The summed E-state index contributed by atoms with van der Waals surface area (Å²) in [6.45, 7) is 3.83. The molecule has 0 fully saturated rings. The Morgan fingerprint density at radius 2 is 1.65 bits per heavy atom. The number of nitrogens with zero attached hydrogens (tertiary/aromatic N) is 1. The third-order valence-corrected chi connectivity index (χ3v) is 2.16. The first-order valence-corrected chi connectivity index (χ1v) is 5.03. The van der Waals surface area contributed by atoms with E-state index in [1.165, 1.54) is 23.1 Å². The SMILES string of the molecule is CC1=CC(=O)NC1=O.CCN1C(=O)C=CC1=O. The fraction of sp³-hybridized carbons (Fsp3) is 0.273. The van der Waals surface area contributed by atoms with Gasteiger partial charge in [-0.25, -0.2) is 0 Å². The Kier molecular flexibility index (Phi) is 3.92. The van der Waals surface area contributed by atoms with Gasteiger partial charge in [0.15, 0.2) is 0 Å². The van der Waals surface area contributed by atoms with Crippen molar-refractivity contribution in [2.45, 2.75) is 13.8 Å². The summed E-state index contributed by atoms with van der Waals surface area (Å²) >= 11 is 0. The molecular formula is C11H12N2O4.